The number of nitrogens with one attached hydrogen (secondary N) is 1. The molecule has 0 aliphatic heterocycles. The maximum absolute atomic E-state index is 12.5. The number of carbonyl (C=O) groups excluding carboxylic acids is 1. The standard InChI is InChI=1S/C24H34N2O4S/c1-17(2)30-22-11-9-21(10-12-22)8-7-13-25-23(27)16-26(31(6,28)29)24-19(4)14-18(3)15-20(24)5/h9-12,14-15,17H,7-8,13,16H2,1-6H3,(H,25,27). The summed E-state index contributed by atoms with van der Waals surface area (Å²) in [6, 6.07) is 11.8. The van der Waals surface area contributed by atoms with E-state index in [2.05, 4.69) is 5.32 Å². The van der Waals surface area contributed by atoms with E-state index in [9.17, 15) is 13.2 Å². The van der Waals surface area contributed by atoms with Crippen LogP contribution in [0.25, 0.3) is 0 Å². The molecule has 0 heterocycles. The van der Waals surface area contributed by atoms with Gasteiger partial charge in [-0.3, -0.25) is 9.10 Å². The van der Waals surface area contributed by atoms with Crippen molar-refractivity contribution in [1.82, 2.24) is 5.32 Å². The summed E-state index contributed by atoms with van der Waals surface area (Å²) < 4.78 is 31.6. The lowest BCUT2D eigenvalue weighted by Crippen LogP contribution is -2.41. The summed E-state index contributed by atoms with van der Waals surface area (Å²) in [5.74, 6) is 0.528. The number of amides is 1. The van der Waals surface area contributed by atoms with Crippen molar-refractivity contribution in [3.05, 3.63) is 58.7 Å². The second-order valence-corrected chi connectivity index (χ2v) is 10.2. The van der Waals surface area contributed by atoms with E-state index in [-0.39, 0.29) is 18.6 Å². The SMILES string of the molecule is Cc1cc(C)c(N(CC(=O)NCCCc2ccc(OC(C)C)cc2)S(C)(=O)=O)c(C)c1. The Balaban J connectivity index is 1.93. The minimum absolute atomic E-state index is 0.139. The van der Waals surface area contributed by atoms with Crippen LogP contribution in [0.5, 0.6) is 5.75 Å². The maximum Gasteiger partial charge on any atom is 0.240 e. The van der Waals surface area contributed by atoms with Gasteiger partial charge >= 0.3 is 0 Å². The quantitative estimate of drug-likeness (QED) is 0.562. The average molecular weight is 447 g/mol. The molecule has 0 atom stereocenters. The highest BCUT2D eigenvalue weighted by molar-refractivity contribution is 7.92. The Morgan fingerprint density at radius 3 is 2.16 bits per heavy atom. The molecule has 0 saturated carbocycles. The van der Waals surface area contributed by atoms with Crippen LogP contribution in [0.15, 0.2) is 36.4 Å². The van der Waals surface area contributed by atoms with Crippen LogP contribution in [0.4, 0.5) is 5.69 Å². The highest BCUT2D eigenvalue weighted by atomic mass is 32.2. The lowest BCUT2D eigenvalue weighted by atomic mass is 10.1. The molecule has 31 heavy (non-hydrogen) atoms. The minimum Gasteiger partial charge on any atom is -0.491 e. The number of rotatable bonds is 10. The normalized spacial score (nSPS) is 11.5. The van der Waals surface area contributed by atoms with Crippen molar-refractivity contribution in [3.8, 4) is 5.75 Å². The fourth-order valence-corrected chi connectivity index (χ4v) is 4.61. The third-order valence-electron chi connectivity index (χ3n) is 4.83. The summed E-state index contributed by atoms with van der Waals surface area (Å²) in [7, 11) is -3.60. The molecule has 1 amide bonds. The van der Waals surface area contributed by atoms with E-state index < -0.39 is 10.0 Å². The van der Waals surface area contributed by atoms with Crippen LogP contribution in [0.1, 0.15) is 42.5 Å². The summed E-state index contributed by atoms with van der Waals surface area (Å²) >= 11 is 0. The van der Waals surface area contributed by atoms with Crippen LogP contribution in [-0.2, 0) is 21.2 Å². The van der Waals surface area contributed by atoms with Gasteiger partial charge in [0.25, 0.3) is 0 Å². The molecule has 0 spiro atoms. The average Bonchev–Trinajstić information content (AvgIpc) is 2.63. The summed E-state index contributed by atoms with van der Waals surface area (Å²) in [5, 5.41) is 2.84. The zero-order valence-electron chi connectivity index (χ0n) is 19.4. The highest BCUT2D eigenvalue weighted by Gasteiger charge is 2.24. The van der Waals surface area contributed by atoms with Crippen molar-refractivity contribution < 1.29 is 17.9 Å². The molecular weight excluding hydrogens is 412 g/mol. The Bertz CT molecular complexity index is 976. The second kappa shape index (κ2) is 10.7. The molecular formula is C24H34N2O4S. The molecule has 0 aliphatic carbocycles. The van der Waals surface area contributed by atoms with Crippen molar-refractivity contribution in [2.45, 2.75) is 53.6 Å². The number of sulfonamides is 1. The molecule has 0 bridgehead atoms. The minimum atomic E-state index is -3.60. The number of anilines is 1. The van der Waals surface area contributed by atoms with E-state index in [1.165, 1.54) is 4.31 Å². The van der Waals surface area contributed by atoms with Crippen LogP contribution in [-0.4, -0.2) is 39.8 Å². The molecule has 1 N–H and O–H groups in total. The van der Waals surface area contributed by atoms with Gasteiger partial charge in [0.15, 0.2) is 0 Å². The van der Waals surface area contributed by atoms with Crippen molar-refractivity contribution in [1.29, 1.82) is 0 Å². The lowest BCUT2D eigenvalue weighted by Gasteiger charge is -2.26. The fourth-order valence-electron chi connectivity index (χ4n) is 3.64. The first-order chi connectivity index (χ1) is 14.5. The molecule has 0 unspecified atom stereocenters. The van der Waals surface area contributed by atoms with E-state index in [1.807, 2.05) is 71.0 Å². The van der Waals surface area contributed by atoms with Gasteiger partial charge in [0, 0.05) is 6.54 Å². The highest BCUT2D eigenvalue weighted by Crippen LogP contribution is 2.28. The lowest BCUT2D eigenvalue weighted by molar-refractivity contribution is -0.119. The molecule has 170 valence electrons. The zero-order chi connectivity index (χ0) is 23.2. The first kappa shape index (κ1) is 24.7. The van der Waals surface area contributed by atoms with Crippen LogP contribution in [0.2, 0.25) is 0 Å². The number of hydrogen-bond acceptors (Lipinski definition) is 4. The Hall–Kier alpha value is -2.54. The molecule has 7 heteroatoms. The number of benzene rings is 2. The van der Waals surface area contributed by atoms with Gasteiger partial charge in [0.05, 0.1) is 18.0 Å². The third-order valence-corrected chi connectivity index (χ3v) is 5.94. The smallest absolute Gasteiger partial charge is 0.240 e. The number of aryl methyl sites for hydroxylation is 4. The first-order valence-corrected chi connectivity index (χ1v) is 12.4. The van der Waals surface area contributed by atoms with E-state index in [0.29, 0.717) is 12.2 Å². The van der Waals surface area contributed by atoms with Crippen molar-refractivity contribution in [2.75, 3.05) is 23.7 Å². The van der Waals surface area contributed by atoms with E-state index in [1.54, 1.807) is 0 Å². The van der Waals surface area contributed by atoms with Gasteiger partial charge in [-0.25, -0.2) is 8.42 Å². The van der Waals surface area contributed by atoms with Gasteiger partial charge in [-0.1, -0.05) is 29.8 Å². The molecule has 2 aromatic carbocycles. The number of nitrogens with zero attached hydrogens (tertiary/aromatic N) is 1. The first-order valence-electron chi connectivity index (χ1n) is 10.5. The zero-order valence-corrected chi connectivity index (χ0v) is 20.2. The van der Waals surface area contributed by atoms with Gasteiger partial charge in [0.1, 0.15) is 12.3 Å². The number of ether oxygens (including phenoxy) is 1. The van der Waals surface area contributed by atoms with Crippen molar-refractivity contribution in [3.63, 3.8) is 0 Å². The summed E-state index contributed by atoms with van der Waals surface area (Å²) in [4.78, 5) is 12.5. The Labute approximate surface area is 186 Å². The predicted molar refractivity (Wildman–Crippen MR) is 126 cm³/mol. The Kier molecular flexibility index (Phi) is 8.51. The van der Waals surface area contributed by atoms with Gasteiger partial charge in [-0.2, -0.15) is 0 Å². The van der Waals surface area contributed by atoms with Crippen molar-refractivity contribution in [2.24, 2.45) is 0 Å². The topological polar surface area (TPSA) is 75.7 Å². The molecule has 2 aromatic rings. The molecule has 0 aromatic heterocycles. The fraction of sp³-hybridized carbons (Fsp3) is 0.458. The third kappa shape index (κ3) is 7.58. The summed E-state index contributed by atoms with van der Waals surface area (Å²) in [6.45, 7) is 9.92. The summed E-state index contributed by atoms with van der Waals surface area (Å²) in [6.07, 6.45) is 2.84. The molecule has 0 radical (unpaired) electrons. The van der Waals surface area contributed by atoms with E-state index >= 15 is 0 Å². The van der Waals surface area contributed by atoms with Gasteiger partial charge < -0.3 is 10.1 Å². The Morgan fingerprint density at radius 2 is 1.65 bits per heavy atom. The summed E-state index contributed by atoms with van der Waals surface area (Å²) in [5.41, 5.74) is 4.46. The molecule has 0 saturated heterocycles. The molecule has 2 rings (SSSR count). The molecule has 0 aliphatic rings. The predicted octanol–water partition coefficient (Wildman–Crippen LogP) is 3.91. The van der Waals surface area contributed by atoms with Gasteiger partial charge in [0.2, 0.25) is 15.9 Å². The Morgan fingerprint density at radius 1 is 1.06 bits per heavy atom. The van der Waals surface area contributed by atoms with Crippen LogP contribution in [0.3, 0.4) is 0 Å². The van der Waals surface area contributed by atoms with E-state index in [4.69, 9.17) is 4.74 Å². The second-order valence-electron chi connectivity index (χ2n) is 8.28. The van der Waals surface area contributed by atoms with Crippen LogP contribution in [0, 0.1) is 20.8 Å². The van der Waals surface area contributed by atoms with Crippen LogP contribution >= 0.6 is 0 Å². The number of carbonyl (C=O) groups is 1. The molecule has 0 fully saturated rings. The molecule has 6 nitrogen and oxygen atoms in total. The maximum atomic E-state index is 12.5. The van der Waals surface area contributed by atoms with Gasteiger partial charge in [-0.15, -0.1) is 0 Å². The number of hydrogen-bond donors (Lipinski definition) is 1. The monoisotopic (exact) mass is 446 g/mol. The van der Waals surface area contributed by atoms with Gasteiger partial charge in [-0.05, 0) is 76.3 Å². The largest absolute Gasteiger partial charge is 0.491 e. The van der Waals surface area contributed by atoms with Crippen LogP contribution < -0.4 is 14.4 Å². The van der Waals surface area contributed by atoms with E-state index in [0.717, 1.165) is 47.1 Å². The van der Waals surface area contributed by atoms with Crippen molar-refractivity contribution >= 4 is 21.6 Å².